The third-order valence-corrected chi connectivity index (χ3v) is 2.50. The molecule has 2 rings (SSSR count). The van der Waals surface area contributed by atoms with Gasteiger partial charge in [0.25, 0.3) is 5.56 Å². The Labute approximate surface area is 83.0 Å². The van der Waals surface area contributed by atoms with Gasteiger partial charge in [-0.1, -0.05) is 11.3 Å². The standard InChI is InChI=1S/C7H7N5OS/c1-8-7-12-11-6(14-7)4-2-3-5(13)10-9-4/h2-3H,1H3,(H,8,12)(H,10,13). The van der Waals surface area contributed by atoms with Crippen LogP contribution < -0.4 is 10.9 Å². The molecule has 0 amide bonds. The second kappa shape index (κ2) is 3.54. The zero-order valence-corrected chi connectivity index (χ0v) is 8.13. The molecule has 0 saturated heterocycles. The Hall–Kier alpha value is -1.76. The van der Waals surface area contributed by atoms with Gasteiger partial charge in [-0.25, -0.2) is 5.10 Å². The number of hydrogen-bond donors (Lipinski definition) is 2. The van der Waals surface area contributed by atoms with E-state index in [4.69, 9.17) is 0 Å². The minimum Gasteiger partial charge on any atom is -0.363 e. The summed E-state index contributed by atoms with van der Waals surface area (Å²) in [6.07, 6.45) is 0. The van der Waals surface area contributed by atoms with Gasteiger partial charge < -0.3 is 5.32 Å². The average molecular weight is 209 g/mol. The van der Waals surface area contributed by atoms with Crippen molar-refractivity contribution in [1.29, 1.82) is 0 Å². The average Bonchev–Trinajstić information content (AvgIpc) is 2.67. The highest BCUT2D eigenvalue weighted by Gasteiger charge is 2.06. The predicted molar refractivity (Wildman–Crippen MR) is 53.3 cm³/mol. The summed E-state index contributed by atoms with van der Waals surface area (Å²) in [4.78, 5) is 10.8. The first-order chi connectivity index (χ1) is 6.79. The van der Waals surface area contributed by atoms with E-state index < -0.39 is 0 Å². The maximum Gasteiger partial charge on any atom is 0.264 e. The molecule has 0 fully saturated rings. The molecule has 0 aromatic carbocycles. The van der Waals surface area contributed by atoms with Crippen molar-refractivity contribution < 1.29 is 0 Å². The highest BCUT2D eigenvalue weighted by molar-refractivity contribution is 7.18. The van der Waals surface area contributed by atoms with Crippen LogP contribution in [-0.2, 0) is 0 Å². The normalized spacial score (nSPS) is 10.1. The highest BCUT2D eigenvalue weighted by atomic mass is 32.1. The lowest BCUT2D eigenvalue weighted by molar-refractivity contribution is 0.983. The Bertz CT molecular complexity index is 470. The fourth-order valence-electron chi connectivity index (χ4n) is 0.891. The Morgan fingerprint density at radius 3 is 2.86 bits per heavy atom. The van der Waals surface area contributed by atoms with E-state index in [1.807, 2.05) is 0 Å². The number of nitrogens with one attached hydrogen (secondary N) is 2. The van der Waals surface area contributed by atoms with Crippen molar-refractivity contribution in [1.82, 2.24) is 20.4 Å². The molecule has 2 aromatic rings. The third kappa shape index (κ3) is 1.62. The topological polar surface area (TPSA) is 83.6 Å². The van der Waals surface area contributed by atoms with Crippen LogP contribution in [0.5, 0.6) is 0 Å². The molecular formula is C7H7N5OS. The van der Waals surface area contributed by atoms with E-state index in [0.29, 0.717) is 15.8 Å². The van der Waals surface area contributed by atoms with Crippen molar-refractivity contribution in [3.05, 3.63) is 22.5 Å². The van der Waals surface area contributed by atoms with E-state index in [-0.39, 0.29) is 5.56 Å². The molecule has 0 bridgehead atoms. The lowest BCUT2D eigenvalue weighted by atomic mass is 10.4. The number of aromatic amines is 1. The van der Waals surface area contributed by atoms with Crippen molar-refractivity contribution in [3.8, 4) is 10.7 Å². The first-order valence-corrected chi connectivity index (χ1v) is 4.68. The summed E-state index contributed by atoms with van der Waals surface area (Å²) >= 11 is 1.37. The lowest BCUT2D eigenvalue weighted by Crippen LogP contribution is -2.05. The van der Waals surface area contributed by atoms with Crippen molar-refractivity contribution >= 4 is 16.5 Å². The van der Waals surface area contributed by atoms with Gasteiger partial charge in [0.15, 0.2) is 5.01 Å². The molecule has 6 nitrogen and oxygen atoms in total. The van der Waals surface area contributed by atoms with E-state index in [1.54, 1.807) is 13.1 Å². The van der Waals surface area contributed by atoms with Crippen LogP contribution in [-0.4, -0.2) is 27.4 Å². The zero-order chi connectivity index (χ0) is 9.97. The summed E-state index contributed by atoms with van der Waals surface area (Å²) in [6, 6.07) is 3.02. The summed E-state index contributed by atoms with van der Waals surface area (Å²) in [5, 5.41) is 18.2. The Morgan fingerprint density at radius 2 is 2.29 bits per heavy atom. The number of H-pyrrole nitrogens is 1. The number of rotatable bonds is 2. The number of aromatic nitrogens is 4. The second-order valence-corrected chi connectivity index (χ2v) is 3.45. The fourth-order valence-corrected chi connectivity index (χ4v) is 1.56. The predicted octanol–water partition coefficient (Wildman–Crippen LogP) is 0.330. The molecule has 0 atom stereocenters. The molecule has 2 aromatic heterocycles. The molecule has 0 spiro atoms. The van der Waals surface area contributed by atoms with Crippen molar-refractivity contribution in [2.24, 2.45) is 0 Å². The Morgan fingerprint density at radius 1 is 1.43 bits per heavy atom. The van der Waals surface area contributed by atoms with Crippen LogP contribution in [0, 0.1) is 0 Å². The Kier molecular flexibility index (Phi) is 2.23. The van der Waals surface area contributed by atoms with Gasteiger partial charge in [0.1, 0.15) is 5.69 Å². The molecule has 0 saturated carbocycles. The van der Waals surface area contributed by atoms with Gasteiger partial charge in [0, 0.05) is 13.1 Å². The van der Waals surface area contributed by atoms with Gasteiger partial charge in [0.05, 0.1) is 0 Å². The largest absolute Gasteiger partial charge is 0.363 e. The van der Waals surface area contributed by atoms with Gasteiger partial charge in [0.2, 0.25) is 5.13 Å². The van der Waals surface area contributed by atoms with Crippen molar-refractivity contribution in [2.45, 2.75) is 0 Å². The molecule has 0 aliphatic rings. The quantitative estimate of drug-likeness (QED) is 0.744. The van der Waals surface area contributed by atoms with E-state index >= 15 is 0 Å². The van der Waals surface area contributed by atoms with Crippen LogP contribution in [0.3, 0.4) is 0 Å². The summed E-state index contributed by atoms with van der Waals surface area (Å²) in [5.74, 6) is 0. The van der Waals surface area contributed by atoms with E-state index in [2.05, 4.69) is 25.7 Å². The first kappa shape index (κ1) is 8.82. The molecule has 0 unspecified atom stereocenters. The van der Waals surface area contributed by atoms with Gasteiger partial charge in [-0.15, -0.1) is 10.2 Å². The van der Waals surface area contributed by atoms with Crippen molar-refractivity contribution in [3.63, 3.8) is 0 Å². The zero-order valence-electron chi connectivity index (χ0n) is 7.31. The number of nitrogens with zero attached hydrogens (tertiary/aromatic N) is 3. The maximum absolute atomic E-state index is 10.8. The SMILES string of the molecule is CNc1nnc(-c2ccc(=O)[nH]n2)s1. The van der Waals surface area contributed by atoms with Crippen LogP contribution in [0.25, 0.3) is 10.7 Å². The molecular weight excluding hydrogens is 202 g/mol. The number of hydrogen-bond acceptors (Lipinski definition) is 6. The van der Waals surface area contributed by atoms with E-state index in [1.165, 1.54) is 17.4 Å². The summed E-state index contributed by atoms with van der Waals surface area (Å²) < 4.78 is 0. The molecule has 14 heavy (non-hydrogen) atoms. The summed E-state index contributed by atoms with van der Waals surface area (Å²) in [6.45, 7) is 0. The Balaban J connectivity index is 2.39. The fraction of sp³-hybridized carbons (Fsp3) is 0.143. The molecule has 0 aliphatic carbocycles. The first-order valence-electron chi connectivity index (χ1n) is 3.87. The molecule has 0 radical (unpaired) electrons. The van der Waals surface area contributed by atoms with E-state index in [9.17, 15) is 4.79 Å². The van der Waals surface area contributed by atoms with Crippen LogP contribution >= 0.6 is 11.3 Å². The molecule has 2 heterocycles. The monoisotopic (exact) mass is 209 g/mol. The second-order valence-electron chi connectivity index (χ2n) is 2.47. The molecule has 7 heteroatoms. The summed E-state index contributed by atoms with van der Waals surface area (Å²) in [5.41, 5.74) is 0.385. The molecule has 0 aliphatic heterocycles. The van der Waals surface area contributed by atoms with Gasteiger partial charge >= 0.3 is 0 Å². The van der Waals surface area contributed by atoms with Gasteiger partial charge in [-0.3, -0.25) is 4.79 Å². The van der Waals surface area contributed by atoms with Crippen LogP contribution in [0.15, 0.2) is 16.9 Å². The summed E-state index contributed by atoms with van der Waals surface area (Å²) in [7, 11) is 1.77. The number of anilines is 1. The van der Waals surface area contributed by atoms with Crippen LogP contribution in [0.4, 0.5) is 5.13 Å². The van der Waals surface area contributed by atoms with Gasteiger partial charge in [-0.05, 0) is 6.07 Å². The van der Waals surface area contributed by atoms with E-state index in [0.717, 1.165) is 0 Å². The van der Waals surface area contributed by atoms with Crippen molar-refractivity contribution in [2.75, 3.05) is 12.4 Å². The third-order valence-electron chi connectivity index (χ3n) is 1.54. The minimum absolute atomic E-state index is 0.230. The highest BCUT2D eigenvalue weighted by Crippen LogP contribution is 2.22. The lowest BCUT2D eigenvalue weighted by Gasteiger charge is -1.90. The molecule has 2 N–H and O–H groups in total. The van der Waals surface area contributed by atoms with Crippen LogP contribution in [0.1, 0.15) is 0 Å². The maximum atomic E-state index is 10.8. The minimum atomic E-state index is -0.230. The van der Waals surface area contributed by atoms with Gasteiger partial charge in [-0.2, -0.15) is 5.10 Å². The smallest absolute Gasteiger partial charge is 0.264 e. The van der Waals surface area contributed by atoms with Crippen LogP contribution in [0.2, 0.25) is 0 Å². The molecule has 72 valence electrons.